The Morgan fingerprint density at radius 2 is 2.00 bits per heavy atom. The van der Waals surface area contributed by atoms with Crippen LogP contribution < -0.4 is 0 Å². The minimum absolute atomic E-state index is 0.180. The van der Waals surface area contributed by atoms with E-state index in [4.69, 9.17) is 10.2 Å². The average molecular weight is 199 g/mol. The lowest BCUT2D eigenvalue weighted by Crippen LogP contribution is -2.40. The van der Waals surface area contributed by atoms with E-state index >= 15 is 0 Å². The molecule has 1 atom stereocenters. The van der Waals surface area contributed by atoms with Crippen LogP contribution in [0.2, 0.25) is 0 Å². The van der Waals surface area contributed by atoms with Gasteiger partial charge in [0.1, 0.15) is 0 Å². The van der Waals surface area contributed by atoms with Gasteiger partial charge in [-0.3, -0.25) is 4.90 Å². The van der Waals surface area contributed by atoms with Gasteiger partial charge in [0.2, 0.25) is 0 Å². The second-order valence-electron chi connectivity index (χ2n) is 3.96. The van der Waals surface area contributed by atoms with E-state index in [1.807, 2.05) is 0 Å². The number of hydrogen-bond donors (Lipinski definition) is 2. The molecule has 0 aromatic rings. The summed E-state index contributed by atoms with van der Waals surface area (Å²) < 4.78 is 0. The predicted molar refractivity (Wildman–Crippen MR) is 57.1 cm³/mol. The molecular weight excluding hydrogens is 178 g/mol. The lowest BCUT2D eigenvalue weighted by molar-refractivity contribution is 0.115. The minimum atomic E-state index is 0.180. The fourth-order valence-corrected chi connectivity index (χ4v) is 2.02. The number of aliphatic hydroxyl groups is 2. The maximum Gasteiger partial charge on any atom is 0.0558 e. The van der Waals surface area contributed by atoms with Crippen LogP contribution in [0.4, 0.5) is 0 Å². The van der Waals surface area contributed by atoms with Crippen molar-refractivity contribution in [2.24, 2.45) is 0 Å². The highest BCUT2D eigenvalue weighted by molar-refractivity contribution is 5.04. The second-order valence-corrected chi connectivity index (χ2v) is 3.96. The molecule has 0 radical (unpaired) electrons. The van der Waals surface area contributed by atoms with Gasteiger partial charge in [-0.2, -0.15) is 0 Å². The molecule has 3 heteroatoms. The molecule has 0 fully saturated rings. The molecule has 0 saturated carbocycles. The van der Waals surface area contributed by atoms with Gasteiger partial charge in [0.15, 0.2) is 0 Å². The molecule has 0 bridgehead atoms. The average Bonchev–Trinajstić information content (AvgIpc) is 2.19. The third-order valence-corrected chi connectivity index (χ3v) is 2.90. The van der Waals surface area contributed by atoms with Gasteiger partial charge in [-0.25, -0.2) is 0 Å². The summed E-state index contributed by atoms with van der Waals surface area (Å²) in [6, 6.07) is 0.512. The van der Waals surface area contributed by atoms with Gasteiger partial charge in [-0.15, -0.1) is 0 Å². The van der Waals surface area contributed by atoms with Crippen molar-refractivity contribution in [2.75, 3.05) is 26.3 Å². The van der Waals surface area contributed by atoms with Crippen molar-refractivity contribution in [3.63, 3.8) is 0 Å². The summed E-state index contributed by atoms with van der Waals surface area (Å²) in [7, 11) is 0. The molecule has 1 unspecified atom stereocenters. The van der Waals surface area contributed by atoms with Crippen LogP contribution in [0.5, 0.6) is 0 Å². The van der Waals surface area contributed by atoms with E-state index in [0.29, 0.717) is 19.1 Å². The van der Waals surface area contributed by atoms with E-state index in [1.165, 1.54) is 5.57 Å². The summed E-state index contributed by atoms with van der Waals surface area (Å²) in [5.74, 6) is 0. The fraction of sp³-hybridized carbons (Fsp3) is 0.818. The quantitative estimate of drug-likeness (QED) is 0.643. The van der Waals surface area contributed by atoms with Crippen LogP contribution in [0.3, 0.4) is 0 Å². The van der Waals surface area contributed by atoms with E-state index in [9.17, 15) is 0 Å². The van der Waals surface area contributed by atoms with Gasteiger partial charge in [-0.1, -0.05) is 11.6 Å². The van der Waals surface area contributed by atoms with Gasteiger partial charge in [-0.05, 0) is 26.2 Å². The van der Waals surface area contributed by atoms with Crippen molar-refractivity contribution in [1.82, 2.24) is 4.90 Å². The summed E-state index contributed by atoms with van der Waals surface area (Å²) in [5, 5.41) is 17.8. The smallest absolute Gasteiger partial charge is 0.0558 e. The van der Waals surface area contributed by atoms with Gasteiger partial charge < -0.3 is 10.2 Å². The molecule has 1 aliphatic carbocycles. The molecule has 0 aromatic heterocycles. The van der Waals surface area contributed by atoms with Crippen LogP contribution >= 0.6 is 0 Å². The molecule has 0 spiro atoms. The molecule has 3 nitrogen and oxygen atoms in total. The SMILES string of the molecule is CC1=CCC(N(CCO)CCO)CC1. The summed E-state index contributed by atoms with van der Waals surface area (Å²) in [6.07, 6.45) is 5.64. The highest BCUT2D eigenvalue weighted by Gasteiger charge is 2.19. The van der Waals surface area contributed by atoms with E-state index < -0.39 is 0 Å². The minimum Gasteiger partial charge on any atom is -0.395 e. The first-order valence-electron chi connectivity index (χ1n) is 5.39. The van der Waals surface area contributed by atoms with Crippen LogP contribution in [0.25, 0.3) is 0 Å². The summed E-state index contributed by atoms with van der Waals surface area (Å²) in [6.45, 7) is 3.88. The summed E-state index contributed by atoms with van der Waals surface area (Å²) in [4.78, 5) is 2.18. The molecule has 0 heterocycles. The lowest BCUT2D eigenvalue weighted by atomic mass is 9.95. The Labute approximate surface area is 86.0 Å². The van der Waals surface area contributed by atoms with Crippen molar-refractivity contribution in [1.29, 1.82) is 0 Å². The van der Waals surface area contributed by atoms with Gasteiger partial charge in [0.05, 0.1) is 13.2 Å². The highest BCUT2D eigenvalue weighted by atomic mass is 16.3. The zero-order chi connectivity index (χ0) is 10.4. The van der Waals surface area contributed by atoms with Crippen molar-refractivity contribution in [3.05, 3.63) is 11.6 Å². The van der Waals surface area contributed by atoms with E-state index in [2.05, 4.69) is 17.9 Å². The Balaban J connectivity index is 2.43. The highest BCUT2D eigenvalue weighted by Crippen LogP contribution is 2.21. The van der Waals surface area contributed by atoms with E-state index in [0.717, 1.165) is 19.3 Å². The molecule has 0 amide bonds. The van der Waals surface area contributed by atoms with Crippen LogP contribution in [-0.4, -0.2) is 47.5 Å². The van der Waals surface area contributed by atoms with Gasteiger partial charge >= 0.3 is 0 Å². The first-order valence-corrected chi connectivity index (χ1v) is 5.39. The Hall–Kier alpha value is -0.380. The Kier molecular flexibility index (Phi) is 5.15. The predicted octanol–water partition coefficient (Wildman–Crippen LogP) is 0.772. The third-order valence-electron chi connectivity index (χ3n) is 2.90. The molecule has 0 aromatic carbocycles. The van der Waals surface area contributed by atoms with Crippen molar-refractivity contribution < 1.29 is 10.2 Å². The largest absolute Gasteiger partial charge is 0.395 e. The third kappa shape index (κ3) is 3.40. The summed E-state index contributed by atoms with van der Waals surface area (Å²) >= 11 is 0. The zero-order valence-corrected chi connectivity index (χ0v) is 8.95. The van der Waals surface area contributed by atoms with Gasteiger partial charge in [0.25, 0.3) is 0 Å². The molecule has 0 saturated heterocycles. The number of nitrogens with zero attached hydrogens (tertiary/aromatic N) is 1. The number of aliphatic hydroxyl groups excluding tert-OH is 2. The van der Waals surface area contributed by atoms with Crippen LogP contribution in [0.1, 0.15) is 26.2 Å². The molecule has 1 rings (SSSR count). The lowest BCUT2D eigenvalue weighted by Gasteiger charge is -2.32. The molecule has 2 N–H and O–H groups in total. The van der Waals surface area contributed by atoms with Crippen molar-refractivity contribution in [3.8, 4) is 0 Å². The Morgan fingerprint density at radius 1 is 1.36 bits per heavy atom. The zero-order valence-electron chi connectivity index (χ0n) is 8.95. The second kappa shape index (κ2) is 6.17. The molecule has 0 aliphatic heterocycles. The number of allylic oxidation sites excluding steroid dienone is 1. The fourth-order valence-electron chi connectivity index (χ4n) is 2.02. The summed E-state index contributed by atoms with van der Waals surface area (Å²) in [5.41, 5.74) is 1.47. The first kappa shape index (κ1) is 11.7. The van der Waals surface area contributed by atoms with E-state index in [-0.39, 0.29) is 13.2 Å². The molecule has 82 valence electrons. The first-order chi connectivity index (χ1) is 6.77. The number of hydrogen-bond acceptors (Lipinski definition) is 3. The molecule has 14 heavy (non-hydrogen) atoms. The normalized spacial score (nSPS) is 22.6. The maximum absolute atomic E-state index is 8.91. The van der Waals surface area contributed by atoms with Gasteiger partial charge in [0, 0.05) is 19.1 Å². The maximum atomic E-state index is 8.91. The Bertz CT molecular complexity index is 186. The standard InChI is InChI=1S/C11H21NO2/c1-10-2-4-11(5-3-10)12(6-8-13)7-9-14/h2,11,13-14H,3-9H2,1H3. The van der Waals surface area contributed by atoms with Crippen molar-refractivity contribution in [2.45, 2.75) is 32.2 Å². The number of rotatable bonds is 5. The topological polar surface area (TPSA) is 43.7 Å². The monoisotopic (exact) mass is 199 g/mol. The molecular formula is C11H21NO2. The van der Waals surface area contributed by atoms with Crippen molar-refractivity contribution >= 4 is 0 Å². The Morgan fingerprint density at radius 3 is 2.43 bits per heavy atom. The van der Waals surface area contributed by atoms with Crippen LogP contribution in [0, 0.1) is 0 Å². The van der Waals surface area contributed by atoms with Crippen LogP contribution in [-0.2, 0) is 0 Å². The van der Waals surface area contributed by atoms with Crippen LogP contribution in [0.15, 0.2) is 11.6 Å². The molecule has 1 aliphatic rings. The van der Waals surface area contributed by atoms with E-state index in [1.54, 1.807) is 0 Å².